The Morgan fingerprint density at radius 2 is 2.06 bits per heavy atom. The number of nitrogens with two attached hydrogens (primary N) is 1. The summed E-state index contributed by atoms with van der Waals surface area (Å²) >= 11 is 1.81. The largest absolute Gasteiger partial charge is 0.393 e. The van der Waals surface area contributed by atoms with Crippen molar-refractivity contribution >= 4 is 29.0 Å². The molecule has 0 aliphatic carbocycles. The molecule has 1 aliphatic heterocycles. The molecule has 1 amide bonds. The lowest BCUT2D eigenvalue weighted by Gasteiger charge is -2.26. The Kier molecular flexibility index (Phi) is 3.71. The predicted octanol–water partition coefficient (Wildman–Crippen LogP) is 1.37. The van der Waals surface area contributed by atoms with E-state index in [1.54, 1.807) is 4.90 Å². The SMILES string of the molecule is Nc1cc(C(=O)N2CCSCC2)ccc1[N+](=O)[O-]. The van der Waals surface area contributed by atoms with Gasteiger partial charge in [-0.2, -0.15) is 11.8 Å². The molecule has 1 heterocycles. The molecule has 1 aliphatic rings. The zero-order chi connectivity index (χ0) is 13.1. The fourth-order valence-corrected chi connectivity index (χ4v) is 2.71. The van der Waals surface area contributed by atoms with E-state index in [4.69, 9.17) is 5.73 Å². The molecule has 6 nitrogen and oxygen atoms in total. The van der Waals surface area contributed by atoms with Crippen molar-refractivity contribution in [2.24, 2.45) is 0 Å². The van der Waals surface area contributed by atoms with E-state index in [0.717, 1.165) is 11.5 Å². The molecule has 0 bridgehead atoms. The van der Waals surface area contributed by atoms with Gasteiger partial charge in [0, 0.05) is 36.2 Å². The van der Waals surface area contributed by atoms with Crippen LogP contribution in [0.4, 0.5) is 11.4 Å². The quantitative estimate of drug-likeness (QED) is 0.496. The standard InChI is InChI=1S/C11H13N3O3S/c12-9-7-8(1-2-10(9)14(16)17)11(15)13-3-5-18-6-4-13/h1-2,7H,3-6,12H2. The predicted molar refractivity (Wildman–Crippen MR) is 70.7 cm³/mol. The van der Waals surface area contributed by atoms with Crippen molar-refractivity contribution < 1.29 is 9.72 Å². The highest BCUT2D eigenvalue weighted by molar-refractivity contribution is 7.99. The smallest absolute Gasteiger partial charge is 0.292 e. The average Bonchev–Trinajstić information content (AvgIpc) is 2.38. The normalized spacial score (nSPS) is 15.4. The molecule has 0 atom stereocenters. The lowest BCUT2D eigenvalue weighted by Crippen LogP contribution is -2.37. The molecule has 7 heteroatoms. The van der Waals surface area contributed by atoms with Crippen LogP contribution in [0, 0.1) is 10.1 Å². The maximum absolute atomic E-state index is 12.1. The molecule has 0 radical (unpaired) electrons. The third-order valence-corrected chi connectivity index (χ3v) is 3.71. The molecule has 0 aromatic heterocycles. The Labute approximate surface area is 108 Å². The van der Waals surface area contributed by atoms with E-state index in [0.29, 0.717) is 18.7 Å². The number of nitro benzene ring substituents is 1. The van der Waals surface area contributed by atoms with E-state index in [1.807, 2.05) is 11.8 Å². The minimum Gasteiger partial charge on any atom is -0.393 e. The molecule has 1 aromatic rings. The lowest BCUT2D eigenvalue weighted by molar-refractivity contribution is -0.383. The molecule has 2 rings (SSSR count). The van der Waals surface area contributed by atoms with E-state index >= 15 is 0 Å². The third-order valence-electron chi connectivity index (χ3n) is 2.77. The molecule has 1 saturated heterocycles. The van der Waals surface area contributed by atoms with Crippen LogP contribution in [0.25, 0.3) is 0 Å². The Hall–Kier alpha value is -1.76. The third kappa shape index (κ3) is 2.56. The van der Waals surface area contributed by atoms with Crippen LogP contribution in [-0.2, 0) is 0 Å². The zero-order valence-corrected chi connectivity index (χ0v) is 10.5. The number of nitro groups is 1. The van der Waals surface area contributed by atoms with Crippen LogP contribution in [0.5, 0.6) is 0 Å². The minimum atomic E-state index is -0.554. The van der Waals surface area contributed by atoms with E-state index in [2.05, 4.69) is 0 Å². The molecule has 96 valence electrons. The molecule has 1 aromatic carbocycles. The molecule has 1 fully saturated rings. The Bertz CT molecular complexity index is 486. The van der Waals surface area contributed by atoms with Gasteiger partial charge >= 0.3 is 0 Å². The topological polar surface area (TPSA) is 89.5 Å². The Balaban J connectivity index is 2.20. The van der Waals surface area contributed by atoms with Crippen LogP contribution in [0.2, 0.25) is 0 Å². The number of amides is 1. The van der Waals surface area contributed by atoms with E-state index in [-0.39, 0.29) is 17.3 Å². The van der Waals surface area contributed by atoms with Crippen LogP contribution in [0.3, 0.4) is 0 Å². The summed E-state index contributed by atoms with van der Waals surface area (Å²) in [6.07, 6.45) is 0. The van der Waals surface area contributed by atoms with Gasteiger partial charge in [-0.3, -0.25) is 14.9 Å². The van der Waals surface area contributed by atoms with Crippen molar-refractivity contribution in [3.63, 3.8) is 0 Å². The van der Waals surface area contributed by atoms with E-state index in [1.165, 1.54) is 18.2 Å². The van der Waals surface area contributed by atoms with Crippen LogP contribution in [0.1, 0.15) is 10.4 Å². The van der Waals surface area contributed by atoms with Crippen molar-refractivity contribution in [3.05, 3.63) is 33.9 Å². The Morgan fingerprint density at radius 1 is 1.39 bits per heavy atom. The highest BCUT2D eigenvalue weighted by Gasteiger charge is 2.20. The second kappa shape index (κ2) is 5.26. The summed E-state index contributed by atoms with van der Waals surface area (Å²) in [5, 5.41) is 10.6. The van der Waals surface area contributed by atoms with Crippen molar-refractivity contribution in [3.8, 4) is 0 Å². The molecule has 0 saturated carbocycles. The minimum absolute atomic E-state index is 0.0252. The number of carbonyl (C=O) groups excluding carboxylic acids is 1. The molecule has 2 N–H and O–H groups in total. The molecule has 18 heavy (non-hydrogen) atoms. The van der Waals surface area contributed by atoms with Gasteiger partial charge in [-0.05, 0) is 12.1 Å². The number of hydrogen-bond donors (Lipinski definition) is 1. The average molecular weight is 267 g/mol. The zero-order valence-electron chi connectivity index (χ0n) is 9.67. The van der Waals surface area contributed by atoms with Crippen LogP contribution in [-0.4, -0.2) is 40.3 Å². The summed E-state index contributed by atoms with van der Waals surface area (Å²) in [6, 6.07) is 4.11. The first-order chi connectivity index (χ1) is 8.59. The highest BCUT2D eigenvalue weighted by Crippen LogP contribution is 2.23. The fourth-order valence-electron chi connectivity index (χ4n) is 1.80. The highest BCUT2D eigenvalue weighted by atomic mass is 32.2. The van der Waals surface area contributed by atoms with Crippen molar-refractivity contribution in [1.82, 2.24) is 4.90 Å². The number of rotatable bonds is 2. The summed E-state index contributed by atoms with van der Waals surface area (Å²) in [5.41, 5.74) is 5.84. The lowest BCUT2D eigenvalue weighted by atomic mass is 10.1. The van der Waals surface area contributed by atoms with Gasteiger partial charge < -0.3 is 10.6 Å². The van der Waals surface area contributed by atoms with E-state index < -0.39 is 4.92 Å². The number of nitrogens with zero attached hydrogens (tertiary/aromatic N) is 2. The van der Waals surface area contributed by atoms with Gasteiger partial charge in [0.1, 0.15) is 5.69 Å². The summed E-state index contributed by atoms with van der Waals surface area (Å²) < 4.78 is 0. The summed E-state index contributed by atoms with van der Waals surface area (Å²) in [6.45, 7) is 1.42. The number of nitrogen functional groups attached to an aromatic ring is 1. The van der Waals surface area contributed by atoms with Crippen LogP contribution >= 0.6 is 11.8 Å². The van der Waals surface area contributed by atoms with Crippen molar-refractivity contribution in [2.75, 3.05) is 30.3 Å². The monoisotopic (exact) mass is 267 g/mol. The van der Waals surface area contributed by atoms with Crippen molar-refractivity contribution in [1.29, 1.82) is 0 Å². The molecule has 0 unspecified atom stereocenters. The van der Waals surface area contributed by atoms with Crippen LogP contribution in [0.15, 0.2) is 18.2 Å². The molecular weight excluding hydrogens is 254 g/mol. The summed E-state index contributed by atoms with van der Waals surface area (Å²) in [5.74, 6) is 1.74. The Morgan fingerprint density at radius 3 is 2.61 bits per heavy atom. The van der Waals surface area contributed by atoms with Gasteiger partial charge in [-0.15, -0.1) is 0 Å². The number of carbonyl (C=O) groups is 1. The first-order valence-corrected chi connectivity index (χ1v) is 6.66. The molecule has 0 spiro atoms. The van der Waals surface area contributed by atoms with Gasteiger partial charge in [0.2, 0.25) is 0 Å². The second-order valence-corrected chi connectivity index (χ2v) is 5.16. The van der Waals surface area contributed by atoms with Gasteiger partial charge in [-0.1, -0.05) is 0 Å². The van der Waals surface area contributed by atoms with Gasteiger partial charge in [-0.25, -0.2) is 0 Å². The maximum atomic E-state index is 12.1. The number of hydrogen-bond acceptors (Lipinski definition) is 5. The first kappa shape index (κ1) is 12.7. The van der Waals surface area contributed by atoms with Gasteiger partial charge in [0.05, 0.1) is 4.92 Å². The summed E-state index contributed by atoms with van der Waals surface area (Å²) in [7, 11) is 0. The van der Waals surface area contributed by atoms with E-state index in [9.17, 15) is 14.9 Å². The van der Waals surface area contributed by atoms with Crippen molar-refractivity contribution in [2.45, 2.75) is 0 Å². The fraction of sp³-hybridized carbons (Fsp3) is 0.364. The number of anilines is 1. The molecular formula is C11H13N3O3S. The second-order valence-electron chi connectivity index (χ2n) is 3.94. The van der Waals surface area contributed by atoms with Gasteiger partial charge in [0.15, 0.2) is 0 Å². The summed E-state index contributed by atoms with van der Waals surface area (Å²) in [4.78, 5) is 23.9. The first-order valence-electron chi connectivity index (χ1n) is 5.50. The number of thioether (sulfide) groups is 1. The maximum Gasteiger partial charge on any atom is 0.292 e. The van der Waals surface area contributed by atoms with Crippen LogP contribution < -0.4 is 5.73 Å². The number of benzene rings is 1. The van der Waals surface area contributed by atoms with Gasteiger partial charge in [0.25, 0.3) is 11.6 Å².